The smallest absolute Gasteiger partial charge is 0.291 e. The maximum Gasteiger partial charge on any atom is 0.291 e. The summed E-state index contributed by atoms with van der Waals surface area (Å²) in [7, 11) is 0. The van der Waals surface area contributed by atoms with E-state index in [1.54, 1.807) is 29.6 Å². The number of nitrogens with zero attached hydrogens (tertiary/aromatic N) is 1. The van der Waals surface area contributed by atoms with Crippen LogP contribution in [0.2, 0.25) is 0 Å². The number of anilines is 1. The van der Waals surface area contributed by atoms with Gasteiger partial charge in [0, 0.05) is 5.56 Å². The van der Waals surface area contributed by atoms with Crippen LogP contribution in [0.25, 0.3) is 0 Å². The fourth-order valence-corrected chi connectivity index (χ4v) is 5.34. The molecule has 158 valence electrons. The van der Waals surface area contributed by atoms with Crippen molar-refractivity contribution < 1.29 is 28.9 Å². The van der Waals surface area contributed by atoms with Gasteiger partial charge in [0.05, 0.1) is 18.7 Å². The van der Waals surface area contributed by atoms with Crippen LogP contribution in [0, 0.1) is 17.7 Å². The summed E-state index contributed by atoms with van der Waals surface area (Å²) < 4.78 is 14.1. The lowest BCUT2D eigenvalue weighted by molar-refractivity contribution is -0.732. The zero-order valence-corrected chi connectivity index (χ0v) is 16.4. The maximum absolute atomic E-state index is 14.1. The van der Waals surface area contributed by atoms with E-state index in [2.05, 4.69) is 5.32 Å². The van der Waals surface area contributed by atoms with Gasteiger partial charge >= 0.3 is 0 Å². The summed E-state index contributed by atoms with van der Waals surface area (Å²) in [6.07, 6.45) is -0.182. The number of fused-ring (bicyclic) bond motifs is 4. The van der Waals surface area contributed by atoms with Crippen LogP contribution in [0.1, 0.15) is 17.5 Å². The Balaban J connectivity index is 1.62. The molecule has 8 nitrogen and oxygen atoms in total. The summed E-state index contributed by atoms with van der Waals surface area (Å²) in [5.74, 6) is -4.63. The molecule has 3 aliphatic rings. The summed E-state index contributed by atoms with van der Waals surface area (Å²) in [6, 6.07) is 12.2. The molecule has 2 aromatic rings. The number of carbonyl (C=O) groups excluding carboxylic acids is 4. The lowest BCUT2D eigenvalue weighted by Crippen LogP contribution is -2.99. The number of halogens is 1. The Kier molecular flexibility index (Phi) is 4.19. The van der Waals surface area contributed by atoms with Gasteiger partial charge < -0.3 is 16.4 Å². The van der Waals surface area contributed by atoms with Crippen LogP contribution in [-0.4, -0.2) is 34.6 Å². The van der Waals surface area contributed by atoms with Gasteiger partial charge in [0.15, 0.2) is 0 Å². The molecule has 3 aliphatic heterocycles. The molecule has 0 bridgehead atoms. The van der Waals surface area contributed by atoms with Crippen molar-refractivity contribution in [1.82, 2.24) is 4.90 Å². The van der Waals surface area contributed by atoms with Crippen LogP contribution in [0.3, 0.4) is 0 Å². The third-order valence-electron chi connectivity index (χ3n) is 6.54. The monoisotopic (exact) mass is 423 g/mol. The third-order valence-corrected chi connectivity index (χ3v) is 6.54. The quantitative estimate of drug-likeness (QED) is 0.578. The summed E-state index contributed by atoms with van der Waals surface area (Å²) in [5, 5.41) is 4.27. The summed E-state index contributed by atoms with van der Waals surface area (Å²) in [5.41, 5.74) is 5.34. The fraction of sp³-hybridized carbons (Fsp3) is 0.273. The standard InChI is InChI=1S/C22H19FN4O4/c23-12-6-7-14-13(8-12)22(21(31)25-14)18-17(15(26-22)9-16(24)28)19(29)27(20(18)30)10-11-4-2-1-3-5-11/h1-8,15,17-18,26H,9-10H2,(H2,24,28)(H,25,31)/p+1/t15?,17?,18?,22-/m0/s1. The fourth-order valence-electron chi connectivity index (χ4n) is 5.34. The number of primary amides is 1. The van der Waals surface area contributed by atoms with Crippen LogP contribution < -0.4 is 16.4 Å². The largest absolute Gasteiger partial charge is 0.369 e. The van der Waals surface area contributed by atoms with E-state index in [4.69, 9.17) is 5.73 Å². The van der Waals surface area contributed by atoms with Gasteiger partial charge in [-0.15, -0.1) is 0 Å². The zero-order chi connectivity index (χ0) is 21.9. The molecule has 0 aromatic heterocycles. The van der Waals surface area contributed by atoms with Gasteiger partial charge in [-0.3, -0.25) is 24.1 Å². The molecule has 0 radical (unpaired) electrons. The number of rotatable bonds is 4. The van der Waals surface area contributed by atoms with E-state index < -0.39 is 52.9 Å². The predicted molar refractivity (Wildman–Crippen MR) is 105 cm³/mol. The van der Waals surface area contributed by atoms with Crippen LogP contribution >= 0.6 is 0 Å². The van der Waals surface area contributed by atoms with E-state index in [0.29, 0.717) is 11.3 Å². The van der Waals surface area contributed by atoms with Crippen molar-refractivity contribution in [3.8, 4) is 0 Å². The van der Waals surface area contributed by atoms with Gasteiger partial charge in [0.25, 0.3) is 5.91 Å². The number of nitrogens with two attached hydrogens (primary N) is 2. The average molecular weight is 423 g/mol. The number of imide groups is 1. The van der Waals surface area contributed by atoms with Crippen molar-refractivity contribution in [2.24, 2.45) is 17.6 Å². The molecular formula is C22H20FN4O4+. The van der Waals surface area contributed by atoms with Crippen molar-refractivity contribution in [3.63, 3.8) is 0 Å². The highest BCUT2D eigenvalue weighted by Crippen LogP contribution is 2.49. The first-order chi connectivity index (χ1) is 14.8. The summed E-state index contributed by atoms with van der Waals surface area (Å²) in [6.45, 7) is 0.0580. The Morgan fingerprint density at radius 2 is 1.87 bits per heavy atom. The van der Waals surface area contributed by atoms with E-state index in [1.165, 1.54) is 18.2 Å². The first-order valence-electron chi connectivity index (χ1n) is 9.98. The van der Waals surface area contributed by atoms with E-state index in [0.717, 1.165) is 10.5 Å². The predicted octanol–water partition coefficient (Wildman–Crippen LogP) is -0.404. The molecule has 5 N–H and O–H groups in total. The first kappa shape index (κ1) is 19.4. The third kappa shape index (κ3) is 2.70. The molecule has 3 heterocycles. The first-order valence-corrected chi connectivity index (χ1v) is 9.98. The second kappa shape index (κ2) is 6.71. The molecule has 0 saturated carbocycles. The van der Waals surface area contributed by atoms with Crippen LogP contribution in [-0.2, 0) is 31.3 Å². The van der Waals surface area contributed by atoms with Gasteiger partial charge in [-0.25, -0.2) is 4.39 Å². The van der Waals surface area contributed by atoms with Crippen molar-refractivity contribution in [2.45, 2.75) is 24.5 Å². The molecule has 5 rings (SSSR count). The molecule has 9 heteroatoms. The Morgan fingerprint density at radius 1 is 1.13 bits per heavy atom. The van der Waals surface area contributed by atoms with E-state index in [9.17, 15) is 23.6 Å². The Bertz CT molecular complexity index is 1140. The Labute approximate surface area is 176 Å². The van der Waals surface area contributed by atoms with E-state index in [-0.39, 0.29) is 13.0 Å². The second-order valence-corrected chi connectivity index (χ2v) is 8.27. The van der Waals surface area contributed by atoms with Gasteiger partial charge in [-0.2, -0.15) is 0 Å². The molecule has 3 unspecified atom stereocenters. The van der Waals surface area contributed by atoms with Gasteiger partial charge in [-0.05, 0) is 23.8 Å². The highest BCUT2D eigenvalue weighted by molar-refractivity contribution is 6.14. The van der Waals surface area contributed by atoms with Crippen molar-refractivity contribution >= 4 is 29.3 Å². The molecule has 0 aliphatic carbocycles. The lowest BCUT2D eigenvalue weighted by Gasteiger charge is -2.26. The number of hydrogen-bond acceptors (Lipinski definition) is 4. The maximum atomic E-state index is 14.1. The molecule has 4 amide bonds. The molecule has 4 atom stereocenters. The number of benzene rings is 2. The van der Waals surface area contributed by atoms with E-state index >= 15 is 0 Å². The highest BCUT2D eigenvalue weighted by Gasteiger charge is 2.74. The van der Waals surface area contributed by atoms with Crippen molar-refractivity contribution in [1.29, 1.82) is 0 Å². The van der Waals surface area contributed by atoms with Gasteiger partial charge in [0.1, 0.15) is 23.7 Å². The van der Waals surface area contributed by atoms with Gasteiger partial charge in [0.2, 0.25) is 23.3 Å². The number of carbonyl (C=O) groups is 4. The normalized spacial score (nSPS) is 28.7. The van der Waals surface area contributed by atoms with Crippen LogP contribution in [0.5, 0.6) is 0 Å². The topological polar surface area (TPSA) is 126 Å². The molecule has 2 aromatic carbocycles. The van der Waals surface area contributed by atoms with Crippen LogP contribution in [0.4, 0.5) is 10.1 Å². The molecule has 31 heavy (non-hydrogen) atoms. The Morgan fingerprint density at radius 3 is 2.58 bits per heavy atom. The highest BCUT2D eigenvalue weighted by atomic mass is 19.1. The summed E-state index contributed by atoms with van der Waals surface area (Å²) >= 11 is 0. The number of amides is 4. The molecule has 2 fully saturated rings. The minimum absolute atomic E-state index is 0.0580. The van der Waals surface area contributed by atoms with Gasteiger partial charge in [-0.1, -0.05) is 30.3 Å². The SMILES string of the molecule is NC(=O)CC1[NH2+][C@]2(C(=O)Nc3ccc(F)cc32)C2C(=O)N(Cc3ccccc3)C(=O)C12. The number of quaternary nitrogens is 1. The lowest BCUT2D eigenvalue weighted by atomic mass is 9.76. The summed E-state index contributed by atoms with van der Waals surface area (Å²) in [4.78, 5) is 52.9. The number of likely N-dealkylation sites (tertiary alicyclic amines) is 1. The van der Waals surface area contributed by atoms with E-state index in [1.807, 2.05) is 6.07 Å². The van der Waals surface area contributed by atoms with Crippen molar-refractivity contribution in [3.05, 3.63) is 65.5 Å². The minimum Gasteiger partial charge on any atom is -0.369 e. The molecule has 2 saturated heterocycles. The average Bonchev–Trinajstić information content (AvgIpc) is 3.29. The molecule has 1 spiro atoms. The minimum atomic E-state index is -1.53. The zero-order valence-electron chi connectivity index (χ0n) is 16.4. The van der Waals surface area contributed by atoms with Crippen LogP contribution in [0.15, 0.2) is 48.5 Å². The number of nitrogens with one attached hydrogen (secondary N) is 1. The van der Waals surface area contributed by atoms with Crippen molar-refractivity contribution in [2.75, 3.05) is 5.32 Å². The Hall–Kier alpha value is -3.59. The number of hydrogen-bond donors (Lipinski definition) is 3. The molecular weight excluding hydrogens is 403 g/mol. The second-order valence-electron chi connectivity index (χ2n) is 8.27.